The van der Waals surface area contributed by atoms with Gasteiger partial charge in [-0.25, -0.2) is 0 Å². The van der Waals surface area contributed by atoms with Gasteiger partial charge in [-0.1, -0.05) is 13.5 Å². The highest BCUT2D eigenvalue weighted by atomic mass is 16.5. The molecule has 2 N–H and O–H groups in total. The lowest BCUT2D eigenvalue weighted by atomic mass is 10.2. The summed E-state index contributed by atoms with van der Waals surface area (Å²) in [5.74, 6) is 0. The standard InChI is InChI=1S/C10H20N2O/c1-3-10-8-12(4-5-13-10)7-9(2)6-11/h10H,2-8,11H2,1H3. The highest BCUT2D eigenvalue weighted by molar-refractivity contribution is 4.99. The van der Waals surface area contributed by atoms with Gasteiger partial charge >= 0.3 is 0 Å². The van der Waals surface area contributed by atoms with E-state index in [2.05, 4.69) is 18.4 Å². The maximum absolute atomic E-state index is 5.57. The van der Waals surface area contributed by atoms with Crippen molar-refractivity contribution in [2.75, 3.05) is 32.8 Å². The van der Waals surface area contributed by atoms with E-state index in [0.717, 1.165) is 38.2 Å². The van der Waals surface area contributed by atoms with Crippen molar-refractivity contribution in [3.8, 4) is 0 Å². The molecule has 3 nitrogen and oxygen atoms in total. The molecule has 1 heterocycles. The van der Waals surface area contributed by atoms with Crippen LogP contribution in [0.4, 0.5) is 0 Å². The summed E-state index contributed by atoms with van der Waals surface area (Å²) in [5.41, 5.74) is 6.61. The van der Waals surface area contributed by atoms with Gasteiger partial charge in [-0.15, -0.1) is 0 Å². The molecule has 1 aliphatic heterocycles. The highest BCUT2D eigenvalue weighted by Crippen LogP contribution is 2.08. The van der Waals surface area contributed by atoms with Gasteiger partial charge in [0.25, 0.3) is 0 Å². The second kappa shape index (κ2) is 5.37. The third kappa shape index (κ3) is 3.46. The number of nitrogens with zero attached hydrogens (tertiary/aromatic N) is 1. The SMILES string of the molecule is C=C(CN)CN1CCOC(CC)C1. The molecule has 0 spiro atoms. The summed E-state index contributed by atoms with van der Waals surface area (Å²) in [5, 5.41) is 0. The summed E-state index contributed by atoms with van der Waals surface area (Å²) in [7, 11) is 0. The normalized spacial score (nSPS) is 24.6. The van der Waals surface area contributed by atoms with Crippen LogP contribution in [0, 0.1) is 0 Å². The zero-order valence-corrected chi connectivity index (χ0v) is 8.46. The number of hydrogen-bond donors (Lipinski definition) is 1. The third-order valence-electron chi connectivity index (χ3n) is 2.41. The Morgan fingerprint density at radius 1 is 1.69 bits per heavy atom. The summed E-state index contributed by atoms with van der Waals surface area (Å²) >= 11 is 0. The van der Waals surface area contributed by atoms with Crippen molar-refractivity contribution in [2.24, 2.45) is 5.73 Å². The van der Waals surface area contributed by atoms with E-state index in [0.29, 0.717) is 12.6 Å². The molecule has 0 amide bonds. The zero-order valence-electron chi connectivity index (χ0n) is 8.46. The fourth-order valence-electron chi connectivity index (χ4n) is 1.55. The summed E-state index contributed by atoms with van der Waals surface area (Å²) < 4.78 is 5.57. The average Bonchev–Trinajstić information content (AvgIpc) is 2.18. The van der Waals surface area contributed by atoms with E-state index in [4.69, 9.17) is 10.5 Å². The van der Waals surface area contributed by atoms with Crippen molar-refractivity contribution in [3.05, 3.63) is 12.2 Å². The molecular formula is C10H20N2O. The Labute approximate surface area is 80.5 Å². The minimum Gasteiger partial charge on any atom is -0.376 e. The van der Waals surface area contributed by atoms with Gasteiger partial charge in [0.2, 0.25) is 0 Å². The molecule has 1 fully saturated rings. The summed E-state index contributed by atoms with van der Waals surface area (Å²) in [4.78, 5) is 2.37. The van der Waals surface area contributed by atoms with E-state index < -0.39 is 0 Å². The van der Waals surface area contributed by atoms with Crippen molar-refractivity contribution in [1.82, 2.24) is 4.90 Å². The minimum absolute atomic E-state index is 0.402. The van der Waals surface area contributed by atoms with Crippen LogP contribution in [-0.2, 0) is 4.74 Å². The van der Waals surface area contributed by atoms with Gasteiger partial charge in [0.1, 0.15) is 0 Å². The molecule has 1 aliphatic rings. The number of nitrogens with two attached hydrogens (primary N) is 1. The third-order valence-corrected chi connectivity index (χ3v) is 2.41. The lowest BCUT2D eigenvalue weighted by Crippen LogP contribution is -2.43. The van der Waals surface area contributed by atoms with E-state index in [1.807, 2.05) is 0 Å². The molecule has 76 valence electrons. The van der Waals surface area contributed by atoms with Crippen LogP contribution in [0.15, 0.2) is 12.2 Å². The van der Waals surface area contributed by atoms with Crippen LogP contribution in [-0.4, -0.2) is 43.8 Å². The van der Waals surface area contributed by atoms with Crippen molar-refractivity contribution in [3.63, 3.8) is 0 Å². The van der Waals surface area contributed by atoms with Crippen molar-refractivity contribution >= 4 is 0 Å². The Balaban J connectivity index is 2.29. The van der Waals surface area contributed by atoms with Crippen molar-refractivity contribution in [1.29, 1.82) is 0 Å². The lowest BCUT2D eigenvalue weighted by molar-refractivity contribution is -0.0265. The molecule has 0 aromatic rings. The Morgan fingerprint density at radius 3 is 3.08 bits per heavy atom. The van der Waals surface area contributed by atoms with E-state index in [1.54, 1.807) is 0 Å². The van der Waals surface area contributed by atoms with Crippen LogP contribution in [0.2, 0.25) is 0 Å². The Morgan fingerprint density at radius 2 is 2.46 bits per heavy atom. The van der Waals surface area contributed by atoms with E-state index in [-0.39, 0.29) is 0 Å². The van der Waals surface area contributed by atoms with Gasteiger partial charge in [-0.05, 0) is 12.0 Å². The largest absolute Gasteiger partial charge is 0.376 e. The molecule has 0 radical (unpaired) electrons. The summed E-state index contributed by atoms with van der Waals surface area (Å²) in [6.07, 6.45) is 1.49. The van der Waals surface area contributed by atoms with Gasteiger partial charge in [-0.3, -0.25) is 4.90 Å². The van der Waals surface area contributed by atoms with Crippen LogP contribution in [0.25, 0.3) is 0 Å². The maximum Gasteiger partial charge on any atom is 0.0700 e. The average molecular weight is 184 g/mol. The first-order chi connectivity index (χ1) is 6.26. The first kappa shape index (κ1) is 10.7. The number of morpholine rings is 1. The Kier molecular flexibility index (Phi) is 4.42. The molecule has 1 saturated heterocycles. The predicted octanol–water partition coefficient (Wildman–Crippen LogP) is 0.612. The number of rotatable bonds is 4. The smallest absolute Gasteiger partial charge is 0.0700 e. The number of hydrogen-bond acceptors (Lipinski definition) is 3. The minimum atomic E-state index is 0.402. The van der Waals surface area contributed by atoms with Gasteiger partial charge < -0.3 is 10.5 Å². The monoisotopic (exact) mass is 184 g/mol. The fraction of sp³-hybridized carbons (Fsp3) is 0.800. The van der Waals surface area contributed by atoms with Crippen LogP contribution in [0.3, 0.4) is 0 Å². The second-order valence-corrected chi connectivity index (χ2v) is 3.59. The fourth-order valence-corrected chi connectivity index (χ4v) is 1.55. The lowest BCUT2D eigenvalue weighted by Gasteiger charge is -2.32. The maximum atomic E-state index is 5.57. The molecule has 0 aliphatic carbocycles. The Hall–Kier alpha value is -0.380. The molecule has 0 bridgehead atoms. The first-order valence-corrected chi connectivity index (χ1v) is 4.97. The second-order valence-electron chi connectivity index (χ2n) is 3.59. The molecule has 0 aromatic carbocycles. The summed E-state index contributed by atoms with van der Waals surface area (Å²) in [6.45, 7) is 10.5. The molecule has 0 aromatic heterocycles. The Bertz CT molecular complexity index is 170. The molecule has 1 atom stereocenters. The molecule has 1 rings (SSSR count). The molecule has 13 heavy (non-hydrogen) atoms. The van der Waals surface area contributed by atoms with Crippen LogP contribution in [0.1, 0.15) is 13.3 Å². The molecule has 1 unspecified atom stereocenters. The molecule has 3 heteroatoms. The van der Waals surface area contributed by atoms with E-state index in [9.17, 15) is 0 Å². The van der Waals surface area contributed by atoms with Gasteiger partial charge in [0.05, 0.1) is 12.7 Å². The first-order valence-electron chi connectivity index (χ1n) is 4.97. The van der Waals surface area contributed by atoms with E-state index in [1.165, 1.54) is 0 Å². The number of ether oxygens (including phenoxy) is 1. The van der Waals surface area contributed by atoms with Gasteiger partial charge in [0.15, 0.2) is 0 Å². The molecule has 0 saturated carbocycles. The zero-order chi connectivity index (χ0) is 9.68. The van der Waals surface area contributed by atoms with Crippen LogP contribution < -0.4 is 5.73 Å². The van der Waals surface area contributed by atoms with E-state index >= 15 is 0 Å². The van der Waals surface area contributed by atoms with Crippen LogP contribution >= 0.6 is 0 Å². The van der Waals surface area contributed by atoms with Crippen molar-refractivity contribution in [2.45, 2.75) is 19.4 Å². The van der Waals surface area contributed by atoms with Gasteiger partial charge in [-0.2, -0.15) is 0 Å². The summed E-state index contributed by atoms with van der Waals surface area (Å²) in [6, 6.07) is 0. The van der Waals surface area contributed by atoms with Crippen molar-refractivity contribution < 1.29 is 4.74 Å². The van der Waals surface area contributed by atoms with Gasteiger partial charge in [0, 0.05) is 26.2 Å². The highest BCUT2D eigenvalue weighted by Gasteiger charge is 2.18. The topological polar surface area (TPSA) is 38.5 Å². The van der Waals surface area contributed by atoms with Crippen LogP contribution in [0.5, 0.6) is 0 Å². The molecular weight excluding hydrogens is 164 g/mol. The predicted molar refractivity (Wildman–Crippen MR) is 54.7 cm³/mol. The quantitative estimate of drug-likeness (QED) is 0.651.